The molecule has 2 heterocycles. The third-order valence-corrected chi connectivity index (χ3v) is 6.41. The van der Waals surface area contributed by atoms with Crippen molar-refractivity contribution in [3.63, 3.8) is 0 Å². The Hall–Kier alpha value is -2.14. The molecule has 1 amide bonds. The molecule has 0 bridgehead atoms. The number of hydrogen-bond acceptors (Lipinski definition) is 3. The Balaban J connectivity index is 1.41. The van der Waals surface area contributed by atoms with Crippen molar-refractivity contribution in [2.24, 2.45) is 5.92 Å². The fourth-order valence-electron chi connectivity index (χ4n) is 4.23. The summed E-state index contributed by atoms with van der Waals surface area (Å²) in [6.07, 6.45) is 4.37. The molecule has 0 saturated heterocycles. The van der Waals surface area contributed by atoms with Gasteiger partial charge in [-0.1, -0.05) is 18.6 Å². The average Bonchev–Trinajstić information content (AvgIpc) is 2.88. The number of carbonyl (C=O) groups excluding carboxylic acids is 1. The second kappa shape index (κ2) is 8.08. The molecular formula is C23H32N4O. The molecule has 2 aromatic rings. The predicted molar refractivity (Wildman–Crippen MR) is 111 cm³/mol. The van der Waals surface area contributed by atoms with Crippen molar-refractivity contribution in [2.45, 2.75) is 72.6 Å². The first-order valence-electron chi connectivity index (χ1n) is 10.6. The van der Waals surface area contributed by atoms with Crippen molar-refractivity contribution in [1.82, 2.24) is 20.0 Å². The van der Waals surface area contributed by atoms with Gasteiger partial charge in [0.1, 0.15) is 0 Å². The molecule has 1 saturated carbocycles. The van der Waals surface area contributed by atoms with Crippen LogP contribution in [0.1, 0.15) is 59.3 Å². The lowest BCUT2D eigenvalue weighted by molar-refractivity contribution is -0.127. The van der Waals surface area contributed by atoms with Crippen molar-refractivity contribution in [1.29, 1.82) is 0 Å². The summed E-state index contributed by atoms with van der Waals surface area (Å²) >= 11 is 0. The van der Waals surface area contributed by atoms with E-state index in [1.165, 1.54) is 34.4 Å². The largest absolute Gasteiger partial charge is 0.350 e. The van der Waals surface area contributed by atoms with Gasteiger partial charge < -0.3 is 5.32 Å². The minimum atomic E-state index is 0.196. The van der Waals surface area contributed by atoms with Crippen LogP contribution >= 0.6 is 0 Å². The Bertz CT molecular complexity index is 866. The Morgan fingerprint density at radius 2 is 1.86 bits per heavy atom. The molecule has 1 fully saturated rings. The molecule has 0 radical (unpaired) electrons. The van der Waals surface area contributed by atoms with Crippen LogP contribution in [0.5, 0.6) is 0 Å². The second-order valence-electron chi connectivity index (χ2n) is 8.62. The van der Waals surface area contributed by atoms with Crippen molar-refractivity contribution in [3.8, 4) is 0 Å². The maximum atomic E-state index is 12.1. The van der Waals surface area contributed by atoms with Gasteiger partial charge in [0.05, 0.1) is 17.9 Å². The van der Waals surface area contributed by atoms with Crippen LogP contribution in [-0.4, -0.2) is 27.1 Å². The highest BCUT2D eigenvalue weighted by atomic mass is 16.1. The van der Waals surface area contributed by atoms with Gasteiger partial charge in [0.25, 0.3) is 0 Å². The minimum absolute atomic E-state index is 0.196. The lowest BCUT2D eigenvalue weighted by atomic mass is 9.85. The van der Waals surface area contributed by atoms with Crippen LogP contribution in [0.15, 0.2) is 18.2 Å². The number of fused-ring (bicyclic) bond motifs is 1. The Kier molecular flexibility index (Phi) is 5.54. The summed E-state index contributed by atoms with van der Waals surface area (Å²) in [6, 6.07) is 6.82. The highest BCUT2D eigenvalue weighted by Gasteiger charge is 2.25. The van der Waals surface area contributed by atoms with E-state index < -0.39 is 0 Å². The van der Waals surface area contributed by atoms with E-state index in [1.807, 2.05) is 0 Å². The van der Waals surface area contributed by atoms with Gasteiger partial charge in [-0.15, -0.1) is 0 Å². The number of carbonyl (C=O) groups is 1. The molecule has 4 rings (SSSR count). The third-order valence-electron chi connectivity index (χ3n) is 6.41. The summed E-state index contributed by atoms with van der Waals surface area (Å²) in [5.41, 5.74) is 7.76. The van der Waals surface area contributed by atoms with Crippen molar-refractivity contribution < 1.29 is 4.79 Å². The Morgan fingerprint density at radius 1 is 1.07 bits per heavy atom. The van der Waals surface area contributed by atoms with Crippen LogP contribution < -0.4 is 5.32 Å². The summed E-state index contributed by atoms with van der Waals surface area (Å²) in [5.74, 6) is 0.429. The van der Waals surface area contributed by atoms with Crippen LogP contribution in [0.2, 0.25) is 0 Å². The summed E-state index contributed by atoms with van der Waals surface area (Å²) in [4.78, 5) is 14.6. The Morgan fingerprint density at radius 3 is 2.61 bits per heavy atom. The average molecular weight is 381 g/mol. The molecule has 28 heavy (non-hydrogen) atoms. The summed E-state index contributed by atoms with van der Waals surface area (Å²) < 4.78 is 2.14. The standard InChI is InChI=1S/C23H32N4O/c1-16-10-18(3)20(11-17(16)2)14-26-8-5-9-27-22(15-26)12-21(25-27)13-24-23(28)19-6-4-7-19/h10-12,19H,4-9,13-15H2,1-3H3,(H,24,28). The number of amides is 1. The van der Waals surface area contributed by atoms with Crippen molar-refractivity contribution >= 4 is 5.91 Å². The molecule has 0 atom stereocenters. The molecular weight excluding hydrogens is 348 g/mol. The van der Waals surface area contributed by atoms with E-state index in [-0.39, 0.29) is 11.8 Å². The highest BCUT2D eigenvalue weighted by molar-refractivity contribution is 5.79. The first-order chi connectivity index (χ1) is 13.5. The van der Waals surface area contributed by atoms with Gasteiger partial charge in [-0.05, 0) is 68.4 Å². The number of aryl methyl sites for hydroxylation is 4. The van der Waals surface area contributed by atoms with Crippen LogP contribution in [-0.2, 0) is 31.0 Å². The second-order valence-corrected chi connectivity index (χ2v) is 8.62. The first-order valence-corrected chi connectivity index (χ1v) is 10.6. The highest BCUT2D eigenvalue weighted by Crippen LogP contribution is 2.26. The van der Waals surface area contributed by atoms with Crippen LogP contribution in [0, 0.1) is 26.7 Å². The molecule has 1 aliphatic carbocycles. The van der Waals surface area contributed by atoms with Crippen LogP contribution in [0.4, 0.5) is 0 Å². The zero-order valence-corrected chi connectivity index (χ0v) is 17.4. The summed E-state index contributed by atoms with van der Waals surface area (Å²) in [6.45, 7) is 11.1. The molecule has 5 heteroatoms. The van der Waals surface area contributed by atoms with Gasteiger partial charge in [-0.3, -0.25) is 14.4 Å². The molecule has 1 aromatic heterocycles. The van der Waals surface area contributed by atoms with E-state index in [1.54, 1.807) is 0 Å². The van der Waals surface area contributed by atoms with Crippen LogP contribution in [0.3, 0.4) is 0 Å². The van der Waals surface area contributed by atoms with Gasteiger partial charge in [-0.2, -0.15) is 5.10 Å². The molecule has 0 spiro atoms. The molecule has 1 N–H and O–H groups in total. The van der Waals surface area contributed by atoms with Crippen molar-refractivity contribution in [2.75, 3.05) is 6.54 Å². The molecule has 1 aliphatic heterocycles. The fraction of sp³-hybridized carbons (Fsp3) is 0.565. The Labute approximate surface area is 168 Å². The number of nitrogens with zero attached hydrogens (tertiary/aromatic N) is 3. The fourth-order valence-corrected chi connectivity index (χ4v) is 4.23. The molecule has 5 nitrogen and oxygen atoms in total. The zero-order valence-electron chi connectivity index (χ0n) is 17.4. The monoisotopic (exact) mass is 380 g/mol. The van der Waals surface area contributed by atoms with Crippen LogP contribution in [0.25, 0.3) is 0 Å². The van der Waals surface area contributed by atoms with Crippen molar-refractivity contribution in [3.05, 3.63) is 51.8 Å². The number of aromatic nitrogens is 2. The van der Waals surface area contributed by atoms with E-state index >= 15 is 0 Å². The number of nitrogens with one attached hydrogen (secondary N) is 1. The van der Waals surface area contributed by atoms with E-state index in [0.29, 0.717) is 6.54 Å². The number of hydrogen-bond donors (Lipinski definition) is 1. The smallest absolute Gasteiger partial charge is 0.223 e. The van der Waals surface area contributed by atoms with Gasteiger partial charge in [0.2, 0.25) is 5.91 Å². The molecule has 2 aliphatic rings. The lowest BCUT2D eigenvalue weighted by Crippen LogP contribution is -2.34. The molecule has 150 valence electrons. The normalized spacial score (nSPS) is 17.7. The maximum absolute atomic E-state index is 12.1. The lowest BCUT2D eigenvalue weighted by Gasteiger charge is -2.23. The minimum Gasteiger partial charge on any atom is -0.350 e. The quantitative estimate of drug-likeness (QED) is 0.862. The number of rotatable bonds is 5. The van der Waals surface area contributed by atoms with E-state index in [0.717, 1.165) is 51.1 Å². The van der Waals surface area contributed by atoms with Gasteiger partial charge in [-0.25, -0.2) is 0 Å². The van der Waals surface area contributed by atoms with Gasteiger partial charge in [0.15, 0.2) is 0 Å². The topological polar surface area (TPSA) is 50.2 Å². The summed E-state index contributed by atoms with van der Waals surface area (Å²) in [5, 5.41) is 7.81. The first kappa shape index (κ1) is 19.2. The number of benzene rings is 1. The van der Waals surface area contributed by atoms with Gasteiger partial charge in [0, 0.05) is 32.1 Å². The SMILES string of the molecule is Cc1cc(C)c(CN2CCCn3nc(CNC(=O)C4CCC4)cc3C2)cc1C. The van der Waals surface area contributed by atoms with E-state index in [2.05, 4.69) is 53.9 Å². The molecule has 0 unspecified atom stereocenters. The zero-order chi connectivity index (χ0) is 19.7. The van der Waals surface area contributed by atoms with E-state index in [9.17, 15) is 4.79 Å². The molecule has 1 aromatic carbocycles. The maximum Gasteiger partial charge on any atom is 0.223 e. The summed E-state index contributed by atoms with van der Waals surface area (Å²) in [7, 11) is 0. The predicted octanol–water partition coefficient (Wildman–Crippen LogP) is 3.63. The third kappa shape index (κ3) is 4.14. The van der Waals surface area contributed by atoms with Gasteiger partial charge >= 0.3 is 0 Å². The van der Waals surface area contributed by atoms with E-state index in [4.69, 9.17) is 5.10 Å².